The van der Waals surface area contributed by atoms with E-state index in [1.165, 1.54) is 31.5 Å². The minimum Gasteiger partial charge on any atom is -0.314 e. The molecule has 0 aliphatic carbocycles. The maximum absolute atomic E-state index is 6.28. The monoisotopic (exact) mass is 337 g/mol. The van der Waals surface area contributed by atoms with Crippen molar-refractivity contribution in [2.24, 2.45) is 0 Å². The van der Waals surface area contributed by atoms with Crippen LogP contribution in [0.5, 0.6) is 0 Å². The normalized spacial score (nSPS) is 20.8. The molecule has 1 fully saturated rings. The summed E-state index contributed by atoms with van der Waals surface area (Å²) in [6.07, 6.45) is 2.42. The molecule has 2 atom stereocenters. The zero-order valence-electron chi connectivity index (χ0n) is 14.9. The molecule has 0 radical (unpaired) electrons. The topological polar surface area (TPSA) is 18.5 Å². The fourth-order valence-electron chi connectivity index (χ4n) is 3.61. The highest BCUT2D eigenvalue weighted by Gasteiger charge is 2.28. The molecule has 1 aromatic carbocycles. The van der Waals surface area contributed by atoms with E-state index in [9.17, 15) is 0 Å². The van der Waals surface area contributed by atoms with Crippen molar-refractivity contribution in [3.05, 3.63) is 34.9 Å². The molecule has 1 aliphatic rings. The molecule has 1 aromatic rings. The van der Waals surface area contributed by atoms with Crippen LogP contribution in [0.15, 0.2) is 24.3 Å². The van der Waals surface area contributed by atoms with E-state index >= 15 is 0 Å². The lowest BCUT2D eigenvalue weighted by molar-refractivity contribution is 0.0840. The SMILES string of the molecule is CCCN(CCC)CC(c1cccc(Cl)c1)N1CCNCC1C. The van der Waals surface area contributed by atoms with Gasteiger partial charge in [0, 0.05) is 43.3 Å². The van der Waals surface area contributed by atoms with Crippen molar-refractivity contribution < 1.29 is 0 Å². The summed E-state index contributed by atoms with van der Waals surface area (Å²) in [5, 5.41) is 4.35. The number of rotatable bonds is 8. The lowest BCUT2D eigenvalue weighted by Gasteiger charge is -2.42. The Kier molecular flexibility index (Phi) is 7.84. The first-order chi connectivity index (χ1) is 11.2. The van der Waals surface area contributed by atoms with Gasteiger partial charge in [-0.05, 0) is 50.6 Å². The van der Waals surface area contributed by atoms with Crippen LogP contribution in [-0.2, 0) is 0 Å². The molecule has 1 heterocycles. The number of hydrogen-bond donors (Lipinski definition) is 1. The molecule has 3 nitrogen and oxygen atoms in total. The van der Waals surface area contributed by atoms with E-state index in [2.05, 4.69) is 54.1 Å². The molecule has 0 aromatic heterocycles. The molecule has 0 amide bonds. The summed E-state index contributed by atoms with van der Waals surface area (Å²) in [5.41, 5.74) is 1.35. The minimum absolute atomic E-state index is 0.420. The van der Waals surface area contributed by atoms with Crippen LogP contribution in [0.3, 0.4) is 0 Å². The number of benzene rings is 1. The van der Waals surface area contributed by atoms with Crippen LogP contribution in [0.25, 0.3) is 0 Å². The lowest BCUT2D eigenvalue weighted by atomic mass is 10.0. The zero-order valence-corrected chi connectivity index (χ0v) is 15.6. The second-order valence-electron chi connectivity index (χ2n) is 6.66. The molecule has 2 rings (SSSR count). The number of nitrogens with one attached hydrogen (secondary N) is 1. The van der Waals surface area contributed by atoms with Gasteiger partial charge in [-0.2, -0.15) is 0 Å². The molecule has 23 heavy (non-hydrogen) atoms. The van der Waals surface area contributed by atoms with Gasteiger partial charge in [0.05, 0.1) is 0 Å². The Morgan fingerprint density at radius 1 is 1.30 bits per heavy atom. The Balaban J connectivity index is 2.22. The van der Waals surface area contributed by atoms with E-state index in [-0.39, 0.29) is 0 Å². The highest BCUT2D eigenvalue weighted by molar-refractivity contribution is 6.30. The summed E-state index contributed by atoms with van der Waals surface area (Å²) < 4.78 is 0. The molecule has 2 unspecified atom stereocenters. The molecular weight excluding hydrogens is 306 g/mol. The standard InChI is InChI=1S/C19H32ClN3/c1-4-10-22(11-5-2)15-19(17-7-6-8-18(20)13-17)23-12-9-21-14-16(23)3/h6-8,13,16,19,21H,4-5,9-12,14-15H2,1-3H3. The van der Waals surface area contributed by atoms with Crippen molar-refractivity contribution in [2.45, 2.75) is 45.7 Å². The maximum atomic E-state index is 6.28. The van der Waals surface area contributed by atoms with Gasteiger partial charge < -0.3 is 10.2 Å². The summed E-state index contributed by atoms with van der Waals surface area (Å²) in [4.78, 5) is 5.26. The van der Waals surface area contributed by atoms with Crippen molar-refractivity contribution in [3.63, 3.8) is 0 Å². The van der Waals surface area contributed by atoms with Gasteiger partial charge in [-0.1, -0.05) is 37.6 Å². The average molecular weight is 338 g/mol. The Bertz CT molecular complexity index is 460. The molecule has 1 aliphatic heterocycles. The fourth-order valence-corrected chi connectivity index (χ4v) is 3.81. The van der Waals surface area contributed by atoms with Gasteiger partial charge in [0.25, 0.3) is 0 Å². The number of nitrogens with zero attached hydrogens (tertiary/aromatic N) is 2. The Hall–Kier alpha value is -0.610. The second kappa shape index (κ2) is 9.63. The van der Waals surface area contributed by atoms with Gasteiger partial charge in [-0.15, -0.1) is 0 Å². The van der Waals surface area contributed by atoms with Gasteiger partial charge >= 0.3 is 0 Å². The van der Waals surface area contributed by atoms with E-state index in [4.69, 9.17) is 11.6 Å². The predicted molar refractivity (Wildman–Crippen MR) is 100 cm³/mol. The largest absolute Gasteiger partial charge is 0.314 e. The van der Waals surface area contributed by atoms with Crippen molar-refractivity contribution >= 4 is 11.6 Å². The molecule has 1 N–H and O–H groups in total. The van der Waals surface area contributed by atoms with E-state index in [0.29, 0.717) is 12.1 Å². The zero-order chi connectivity index (χ0) is 16.7. The Labute approximate surface area is 147 Å². The third kappa shape index (κ3) is 5.46. The molecule has 130 valence electrons. The molecular formula is C19H32ClN3. The highest BCUT2D eigenvalue weighted by Crippen LogP contribution is 2.27. The van der Waals surface area contributed by atoms with Crippen LogP contribution >= 0.6 is 11.6 Å². The first kappa shape index (κ1) is 18.7. The number of halogens is 1. The maximum Gasteiger partial charge on any atom is 0.0479 e. The molecule has 4 heteroatoms. The molecule has 0 spiro atoms. The van der Waals surface area contributed by atoms with E-state index < -0.39 is 0 Å². The van der Waals surface area contributed by atoms with Crippen LogP contribution in [-0.4, -0.2) is 55.1 Å². The summed E-state index contributed by atoms with van der Waals surface area (Å²) in [6.45, 7) is 13.5. The van der Waals surface area contributed by atoms with Gasteiger partial charge in [0.2, 0.25) is 0 Å². The molecule has 1 saturated heterocycles. The Morgan fingerprint density at radius 2 is 2.04 bits per heavy atom. The van der Waals surface area contributed by atoms with Crippen molar-refractivity contribution in [1.82, 2.24) is 15.1 Å². The van der Waals surface area contributed by atoms with Gasteiger partial charge in [0.1, 0.15) is 0 Å². The minimum atomic E-state index is 0.420. The quantitative estimate of drug-likeness (QED) is 0.778. The number of hydrogen-bond acceptors (Lipinski definition) is 3. The van der Waals surface area contributed by atoms with Crippen LogP contribution < -0.4 is 5.32 Å². The third-order valence-electron chi connectivity index (χ3n) is 4.70. The van der Waals surface area contributed by atoms with Crippen LogP contribution in [0.4, 0.5) is 0 Å². The van der Waals surface area contributed by atoms with Crippen molar-refractivity contribution in [3.8, 4) is 0 Å². The second-order valence-corrected chi connectivity index (χ2v) is 7.10. The molecule has 0 saturated carbocycles. The number of piperazine rings is 1. The van der Waals surface area contributed by atoms with Crippen molar-refractivity contribution in [2.75, 3.05) is 39.3 Å². The van der Waals surface area contributed by atoms with Gasteiger partial charge in [-0.3, -0.25) is 4.90 Å². The van der Waals surface area contributed by atoms with Crippen LogP contribution in [0, 0.1) is 0 Å². The fraction of sp³-hybridized carbons (Fsp3) is 0.684. The highest BCUT2D eigenvalue weighted by atomic mass is 35.5. The smallest absolute Gasteiger partial charge is 0.0479 e. The summed E-state index contributed by atoms with van der Waals surface area (Å²) in [7, 11) is 0. The van der Waals surface area contributed by atoms with E-state index in [1.807, 2.05) is 6.07 Å². The van der Waals surface area contributed by atoms with Crippen LogP contribution in [0.1, 0.15) is 45.2 Å². The predicted octanol–water partition coefficient (Wildman–Crippen LogP) is 3.80. The first-order valence-electron chi connectivity index (χ1n) is 9.10. The van der Waals surface area contributed by atoms with E-state index in [1.54, 1.807) is 0 Å². The average Bonchev–Trinajstić information content (AvgIpc) is 2.54. The summed E-state index contributed by atoms with van der Waals surface area (Å²) in [6, 6.07) is 9.42. The summed E-state index contributed by atoms with van der Waals surface area (Å²) in [5.74, 6) is 0. The van der Waals surface area contributed by atoms with Crippen LogP contribution in [0.2, 0.25) is 5.02 Å². The van der Waals surface area contributed by atoms with Crippen molar-refractivity contribution in [1.29, 1.82) is 0 Å². The molecule has 0 bridgehead atoms. The van der Waals surface area contributed by atoms with Gasteiger partial charge in [0.15, 0.2) is 0 Å². The van der Waals surface area contributed by atoms with E-state index in [0.717, 1.165) is 31.2 Å². The summed E-state index contributed by atoms with van der Waals surface area (Å²) >= 11 is 6.28. The first-order valence-corrected chi connectivity index (χ1v) is 9.47. The van der Waals surface area contributed by atoms with Gasteiger partial charge in [-0.25, -0.2) is 0 Å². The Morgan fingerprint density at radius 3 is 2.65 bits per heavy atom. The lowest BCUT2D eigenvalue weighted by Crippen LogP contribution is -2.53. The third-order valence-corrected chi connectivity index (χ3v) is 4.93.